The lowest BCUT2D eigenvalue weighted by molar-refractivity contribution is -0.885. The van der Waals surface area contributed by atoms with Gasteiger partial charge in [-0.1, -0.05) is 0 Å². The van der Waals surface area contributed by atoms with Crippen molar-refractivity contribution in [3.05, 3.63) is 48.3 Å². The average molecular weight is 374 g/mol. The number of amides is 2. The quantitative estimate of drug-likeness (QED) is 0.706. The molecule has 1 aliphatic rings. The minimum absolute atomic E-state index is 0.0904. The highest BCUT2D eigenvalue weighted by Crippen LogP contribution is 2.34. The first-order chi connectivity index (χ1) is 12.9. The molecule has 3 N–H and O–H groups in total. The summed E-state index contributed by atoms with van der Waals surface area (Å²) in [5.41, 5.74) is 1.10. The Bertz CT molecular complexity index is 841. The predicted molar refractivity (Wildman–Crippen MR) is 97.4 cm³/mol. The fraction of sp³-hybridized carbons (Fsp3) is 0.263. The van der Waals surface area contributed by atoms with E-state index in [4.69, 9.17) is 9.47 Å². The molecule has 1 heterocycles. The topological polar surface area (TPSA) is 81.1 Å². The molecule has 8 heteroatoms. The monoisotopic (exact) mass is 374 g/mol. The Morgan fingerprint density at radius 2 is 1.74 bits per heavy atom. The maximum atomic E-state index is 12.9. The number of anilines is 2. The number of hydrogen-bond acceptors (Lipinski definition) is 4. The molecule has 0 saturated heterocycles. The van der Waals surface area contributed by atoms with Crippen LogP contribution in [-0.2, 0) is 9.59 Å². The van der Waals surface area contributed by atoms with E-state index in [0.717, 1.165) is 0 Å². The molecule has 0 aliphatic carbocycles. The smallest absolute Gasteiger partial charge is 0.282 e. The molecule has 7 nitrogen and oxygen atoms in total. The second-order valence-electron chi connectivity index (χ2n) is 6.36. The Kier molecular flexibility index (Phi) is 5.56. The van der Waals surface area contributed by atoms with Crippen LogP contribution < -0.4 is 25.0 Å². The summed E-state index contributed by atoms with van der Waals surface area (Å²) in [5.74, 6) is 0.369. The van der Waals surface area contributed by atoms with Crippen LogP contribution in [0.25, 0.3) is 0 Å². The zero-order valence-corrected chi connectivity index (χ0v) is 15.0. The minimum atomic E-state index is -0.464. The third-order valence-electron chi connectivity index (χ3n) is 4.34. The van der Waals surface area contributed by atoms with E-state index in [1.54, 1.807) is 32.2 Å². The van der Waals surface area contributed by atoms with Crippen molar-refractivity contribution in [2.24, 2.45) is 0 Å². The maximum absolute atomic E-state index is 12.9. The van der Waals surface area contributed by atoms with Gasteiger partial charge in [-0.15, -0.1) is 0 Å². The number of hydrogen-bond donors (Lipinski definition) is 3. The van der Waals surface area contributed by atoms with E-state index in [1.165, 1.54) is 24.3 Å². The Balaban J connectivity index is 1.52. The Morgan fingerprint density at radius 3 is 2.48 bits per heavy atom. The fourth-order valence-corrected chi connectivity index (χ4v) is 2.59. The van der Waals surface area contributed by atoms with Crippen molar-refractivity contribution < 1.29 is 28.4 Å². The van der Waals surface area contributed by atoms with Gasteiger partial charge in [0.1, 0.15) is 5.82 Å². The summed E-state index contributed by atoms with van der Waals surface area (Å²) >= 11 is 0. The van der Waals surface area contributed by atoms with Crippen LogP contribution in [0.3, 0.4) is 0 Å². The molecule has 0 saturated carbocycles. The van der Waals surface area contributed by atoms with Gasteiger partial charge in [0.05, 0.1) is 7.05 Å². The van der Waals surface area contributed by atoms with Crippen molar-refractivity contribution in [1.82, 2.24) is 0 Å². The van der Waals surface area contributed by atoms with Crippen molar-refractivity contribution in [3.63, 3.8) is 0 Å². The fourth-order valence-electron chi connectivity index (χ4n) is 2.59. The first-order valence-electron chi connectivity index (χ1n) is 8.50. The molecule has 0 radical (unpaired) electrons. The minimum Gasteiger partial charge on any atom is -0.454 e. The molecule has 0 aromatic heterocycles. The first kappa shape index (κ1) is 18.7. The van der Waals surface area contributed by atoms with Gasteiger partial charge in [-0.25, -0.2) is 4.39 Å². The van der Waals surface area contributed by atoms with E-state index >= 15 is 0 Å². The van der Waals surface area contributed by atoms with E-state index in [-0.39, 0.29) is 31.0 Å². The van der Waals surface area contributed by atoms with E-state index in [2.05, 4.69) is 10.6 Å². The summed E-state index contributed by atoms with van der Waals surface area (Å²) in [6.07, 6.45) is 0. The molecule has 2 atom stereocenters. The maximum Gasteiger partial charge on any atom is 0.282 e. The number of carbonyl (C=O) groups is 2. The number of carbonyl (C=O) groups excluding carboxylic acids is 2. The molecular weight excluding hydrogens is 353 g/mol. The third kappa shape index (κ3) is 4.73. The molecule has 3 rings (SSSR count). The number of likely N-dealkylation sites (N-methyl/N-ethyl adjacent to an activating group) is 1. The molecular formula is C19H21FN3O4+. The molecule has 2 aromatic rings. The van der Waals surface area contributed by atoms with Crippen LogP contribution in [0.4, 0.5) is 15.8 Å². The molecule has 0 spiro atoms. The molecule has 142 valence electrons. The second-order valence-corrected chi connectivity index (χ2v) is 6.36. The summed E-state index contributed by atoms with van der Waals surface area (Å²) in [5, 5.41) is 5.50. The van der Waals surface area contributed by atoms with E-state index in [1.807, 2.05) is 0 Å². The lowest BCUT2D eigenvalue weighted by atomic mass is 10.2. The highest BCUT2D eigenvalue weighted by atomic mass is 19.1. The van der Waals surface area contributed by atoms with Gasteiger partial charge >= 0.3 is 0 Å². The van der Waals surface area contributed by atoms with Crippen molar-refractivity contribution >= 4 is 23.2 Å². The van der Waals surface area contributed by atoms with Crippen LogP contribution in [-0.4, -0.2) is 38.2 Å². The molecule has 2 aromatic carbocycles. The van der Waals surface area contributed by atoms with Crippen molar-refractivity contribution in [1.29, 1.82) is 0 Å². The largest absolute Gasteiger partial charge is 0.454 e. The van der Waals surface area contributed by atoms with Gasteiger partial charge in [0.25, 0.3) is 11.8 Å². The summed E-state index contributed by atoms with van der Waals surface area (Å²) in [4.78, 5) is 25.3. The number of nitrogens with one attached hydrogen (secondary N) is 3. The van der Waals surface area contributed by atoms with Gasteiger partial charge in [-0.3, -0.25) is 9.59 Å². The van der Waals surface area contributed by atoms with Crippen molar-refractivity contribution in [2.75, 3.05) is 31.0 Å². The lowest BCUT2D eigenvalue weighted by Gasteiger charge is -2.20. The molecule has 2 amide bonds. The highest BCUT2D eigenvalue weighted by molar-refractivity contribution is 5.94. The highest BCUT2D eigenvalue weighted by Gasteiger charge is 2.24. The predicted octanol–water partition coefficient (Wildman–Crippen LogP) is 1.03. The van der Waals surface area contributed by atoms with Gasteiger partial charge in [-0.2, -0.15) is 0 Å². The molecule has 1 unspecified atom stereocenters. The molecule has 1 aliphatic heterocycles. The summed E-state index contributed by atoms with van der Waals surface area (Å²) in [6.45, 7) is 2.00. The Labute approximate surface area is 156 Å². The lowest BCUT2D eigenvalue weighted by Crippen LogP contribution is -3.14. The van der Waals surface area contributed by atoms with E-state index in [0.29, 0.717) is 27.8 Å². The standard InChI is InChI=1S/C19H20FN3O4/c1-12(19(25)22-15-7-8-16-17(9-15)27-11-26-16)23(2)10-18(24)21-14-5-3-13(20)4-6-14/h3-9,12H,10-11H2,1-2H3,(H,21,24)(H,22,25)/p+1/t12-/m1/s1. The Hall–Kier alpha value is -3.13. The van der Waals surface area contributed by atoms with Gasteiger partial charge in [0, 0.05) is 17.4 Å². The summed E-state index contributed by atoms with van der Waals surface area (Å²) < 4.78 is 23.4. The van der Waals surface area contributed by atoms with Crippen LogP contribution >= 0.6 is 0 Å². The van der Waals surface area contributed by atoms with E-state index in [9.17, 15) is 14.0 Å². The first-order valence-corrected chi connectivity index (χ1v) is 8.50. The van der Waals surface area contributed by atoms with Gasteiger partial charge in [0.15, 0.2) is 24.1 Å². The zero-order chi connectivity index (χ0) is 19.4. The Morgan fingerprint density at radius 1 is 1.07 bits per heavy atom. The molecule has 0 bridgehead atoms. The normalized spacial score (nSPS) is 14.3. The van der Waals surface area contributed by atoms with Crippen molar-refractivity contribution in [2.45, 2.75) is 13.0 Å². The van der Waals surface area contributed by atoms with Gasteiger partial charge in [-0.05, 0) is 43.3 Å². The van der Waals surface area contributed by atoms with Crippen LogP contribution in [0, 0.1) is 5.82 Å². The average Bonchev–Trinajstić information content (AvgIpc) is 3.10. The van der Waals surface area contributed by atoms with Crippen molar-refractivity contribution in [3.8, 4) is 11.5 Å². The van der Waals surface area contributed by atoms with Crippen LogP contribution in [0.1, 0.15) is 6.92 Å². The SMILES string of the molecule is C[C@H](C(=O)Nc1ccc2c(c1)OCO2)[NH+](C)CC(=O)Nc1ccc(F)cc1. The number of quaternary nitrogens is 1. The number of ether oxygens (including phenoxy) is 2. The van der Waals surface area contributed by atoms with Crippen LogP contribution in [0.15, 0.2) is 42.5 Å². The summed E-state index contributed by atoms with van der Waals surface area (Å²) in [6, 6.07) is 10.2. The van der Waals surface area contributed by atoms with Crippen LogP contribution in [0.2, 0.25) is 0 Å². The van der Waals surface area contributed by atoms with Crippen LogP contribution in [0.5, 0.6) is 11.5 Å². The van der Waals surface area contributed by atoms with Gasteiger partial charge < -0.3 is 25.0 Å². The number of rotatable bonds is 6. The number of halogens is 1. The molecule has 0 fully saturated rings. The second kappa shape index (κ2) is 8.05. The van der Waals surface area contributed by atoms with Gasteiger partial charge in [0.2, 0.25) is 6.79 Å². The third-order valence-corrected chi connectivity index (χ3v) is 4.34. The zero-order valence-electron chi connectivity index (χ0n) is 15.0. The number of fused-ring (bicyclic) bond motifs is 1. The summed E-state index contributed by atoms with van der Waals surface area (Å²) in [7, 11) is 1.76. The molecule has 27 heavy (non-hydrogen) atoms. The van der Waals surface area contributed by atoms with E-state index < -0.39 is 6.04 Å². The number of benzene rings is 2.